The molecule has 1 N–H and O–H groups in total. The van der Waals surface area contributed by atoms with Crippen LogP contribution in [0.25, 0.3) is 0 Å². The van der Waals surface area contributed by atoms with Gasteiger partial charge in [-0.15, -0.1) is 0 Å². The summed E-state index contributed by atoms with van der Waals surface area (Å²) in [4.78, 5) is 4.25. The molecule has 1 aromatic rings. The summed E-state index contributed by atoms with van der Waals surface area (Å²) >= 11 is 0. The van der Waals surface area contributed by atoms with Crippen molar-refractivity contribution >= 4 is 5.82 Å². The molecule has 1 unspecified atom stereocenters. The maximum absolute atomic E-state index is 8.70. The van der Waals surface area contributed by atoms with Crippen LogP contribution in [0.2, 0.25) is 0 Å². The molecule has 0 aliphatic heterocycles. The number of unbranched alkanes of at least 4 members (excludes halogenated alkanes) is 1. The van der Waals surface area contributed by atoms with Gasteiger partial charge in [-0.05, 0) is 25.0 Å². The van der Waals surface area contributed by atoms with Gasteiger partial charge in [-0.1, -0.05) is 33.1 Å². The van der Waals surface area contributed by atoms with Crippen molar-refractivity contribution in [1.29, 1.82) is 5.26 Å². The molecule has 0 spiro atoms. The molecule has 1 heterocycles. The number of hydrogen-bond donors (Lipinski definition) is 1. The smallest absolute Gasteiger partial charge is 0.126 e. The van der Waals surface area contributed by atoms with Crippen molar-refractivity contribution < 1.29 is 0 Å². The van der Waals surface area contributed by atoms with Crippen LogP contribution in [0, 0.1) is 11.3 Å². The van der Waals surface area contributed by atoms with Crippen LogP contribution in [0.1, 0.15) is 51.5 Å². The molecule has 0 saturated carbocycles. The lowest BCUT2D eigenvalue weighted by Crippen LogP contribution is -2.19. The molecule has 0 fully saturated rings. The topological polar surface area (TPSA) is 48.7 Å². The van der Waals surface area contributed by atoms with Gasteiger partial charge in [0.25, 0.3) is 0 Å². The highest BCUT2D eigenvalue weighted by Crippen LogP contribution is 2.13. The summed E-state index contributed by atoms with van der Waals surface area (Å²) in [5, 5.41) is 12.1. The Bertz CT molecular complexity index is 351. The number of hydrogen-bond acceptors (Lipinski definition) is 3. The summed E-state index contributed by atoms with van der Waals surface area (Å²) in [6.07, 6.45) is 7.62. The van der Waals surface area contributed by atoms with Crippen LogP contribution in [0.5, 0.6) is 0 Å². The average Bonchev–Trinajstić information content (AvgIpc) is 2.37. The number of rotatable bonds is 7. The molecule has 3 nitrogen and oxygen atoms in total. The van der Waals surface area contributed by atoms with Gasteiger partial charge in [-0.3, -0.25) is 0 Å². The highest BCUT2D eigenvalue weighted by Gasteiger charge is 2.07. The molecule has 1 rings (SSSR count). The predicted octanol–water partition coefficient (Wildman–Crippen LogP) is 3.72. The molecule has 0 saturated heterocycles. The zero-order chi connectivity index (χ0) is 12.5. The molecule has 1 aromatic heterocycles. The predicted molar refractivity (Wildman–Crippen MR) is 70.8 cm³/mol. The molecule has 0 amide bonds. The van der Waals surface area contributed by atoms with E-state index in [2.05, 4.69) is 30.2 Å². The van der Waals surface area contributed by atoms with Gasteiger partial charge in [0.2, 0.25) is 0 Å². The van der Waals surface area contributed by atoms with Crippen LogP contribution < -0.4 is 5.32 Å². The molecule has 1 atom stereocenters. The van der Waals surface area contributed by atoms with Crippen molar-refractivity contribution in [2.45, 2.75) is 52.0 Å². The van der Waals surface area contributed by atoms with E-state index >= 15 is 0 Å². The SMILES string of the molecule is CCCCC(CCC)Nc1ccc(C#N)cn1. The third kappa shape index (κ3) is 4.86. The maximum atomic E-state index is 8.70. The quantitative estimate of drug-likeness (QED) is 0.778. The van der Waals surface area contributed by atoms with E-state index in [9.17, 15) is 0 Å². The van der Waals surface area contributed by atoms with E-state index in [1.807, 2.05) is 6.07 Å². The van der Waals surface area contributed by atoms with E-state index in [1.165, 1.54) is 32.1 Å². The van der Waals surface area contributed by atoms with Crippen LogP contribution in [0.4, 0.5) is 5.82 Å². The number of pyridine rings is 1. The Kier molecular flexibility index (Phi) is 6.09. The van der Waals surface area contributed by atoms with Gasteiger partial charge < -0.3 is 5.32 Å². The van der Waals surface area contributed by atoms with Crippen molar-refractivity contribution in [3.8, 4) is 6.07 Å². The standard InChI is InChI=1S/C14H21N3/c1-3-5-7-13(6-4-2)17-14-9-8-12(10-15)11-16-14/h8-9,11,13H,3-7H2,1-2H3,(H,16,17). The highest BCUT2D eigenvalue weighted by molar-refractivity contribution is 5.39. The Morgan fingerprint density at radius 3 is 2.65 bits per heavy atom. The van der Waals surface area contributed by atoms with Gasteiger partial charge in [-0.25, -0.2) is 4.98 Å². The summed E-state index contributed by atoms with van der Waals surface area (Å²) in [7, 11) is 0. The van der Waals surface area contributed by atoms with E-state index in [1.54, 1.807) is 12.3 Å². The second kappa shape index (κ2) is 7.67. The first-order valence-corrected chi connectivity index (χ1v) is 6.42. The first-order chi connectivity index (χ1) is 8.30. The Hall–Kier alpha value is -1.56. The van der Waals surface area contributed by atoms with E-state index in [4.69, 9.17) is 5.26 Å². The van der Waals surface area contributed by atoms with Crippen molar-refractivity contribution in [1.82, 2.24) is 4.98 Å². The van der Waals surface area contributed by atoms with Crippen LogP contribution in [0.15, 0.2) is 18.3 Å². The fourth-order valence-electron chi connectivity index (χ4n) is 1.84. The minimum Gasteiger partial charge on any atom is -0.367 e. The minimum absolute atomic E-state index is 0.500. The van der Waals surface area contributed by atoms with E-state index < -0.39 is 0 Å². The second-order valence-electron chi connectivity index (χ2n) is 4.32. The van der Waals surface area contributed by atoms with Crippen LogP contribution in [0.3, 0.4) is 0 Å². The Morgan fingerprint density at radius 1 is 1.29 bits per heavy atom. The van der Waals surface area contributed by atoms with Crippen molar-refractivity contribution in [3.05, 3.63) is 23.9 Å². The summed E-state index contributed by atoms with van der Waals surface area (Å²) in [5.74, 6) is 0.874. The van der Waals surface area contributed by atoms with Crippen LogP contribution in [-0.4, -0.2) is 11.0 Å². The van der Waals surface area contributed by atoms with Gasteiger partial charge in [0.05, 0.1) is 5.56 Å². The second-order valence-corrected chi connectivity index (χ2v) is 4.32. The fourth-order valence-corrected chi connectivity index (χ4v) is 1.84. The Morgan fingerprint density at radius 2 is 2.12 bits per heavy atom. The molecule has 0 aromatic carbocycles. The van der Waals surface area contributed by atoms with E-state index in [0.717, 1.165) is 5.82 Å². The number of nitriles is 1. The molecule has 0 radical (unpaired) electrons. The molecule has 0 bridgehead atoms. The Labute approximate surface area is 104 Å². The van der Waals surface area contributed by atoms with Gasteiger partial charge in [0, 0.05) is 12.2 Å². The normalized spacial score (nSPS) is 11.8. The first-order valence-electron chi connectivity index (χ1n) is 6.42. The number of anilines is 1. The molecule has 92 valence electrons. The van der Waals surface area contributed by atoms with Crippen molar-refractivity contribution in [3.63, 3.8) is 0 Å². The fraction of sp³-hybridized carbons (Fsp3) is 0.571. The van der Waals surface area contributed by atoms with Crippen LogP contribution >= 0.6 is 0 Å². The van der Waals surface area contributed by atoms with Gasteiger partial charge >= 0.3 is 0 Å². The van der Waals surface area contributed by atoms with Gasteiger partial charge in [0.1, 0.15) is 11.9 Å². The highest BCUT2D eigenvalue weighted by atomic mass is 15.0. The van der Waals surface area contributed by atoms with E-state index in [0.29, 0.717) is 11.6 Å². The molecular formula is C14H21N3. The van der Waals surface area contributed by atoms with Gasteiger partial charge in [-0.2, -0.15) is 5.26 Å². The zero-order valence-electron chi connectivity index (χ0n) is 10.7. The summed E-state index contributed by atoms with van der Waals surface area (Å²) in [6, 6.07) is 6.26. The molecule has 0 aliphatic rings. The first kappa shape index (κ1) is 13.5. The van der Waals surface area contributed by atoms with Crippen LogP contribution in [-0.2, 0) is 0 Å². The summed E-state index contributed by atoms with van der Waals surface area (Å²) < 4.78 is 0. The minimum atomic E-state index is 0.500. The monoisotopic (exact) mass is 231 g/mol. The zero-order valence-corrected chi connectivity index (χ0v) is 10.7. The lowest BCUT2D eigenvalue weighted by molar-refractivity contribution is 0.563. The van der Waals surface area contributed by atoms with E-state index in [-0.39, 0.29) is 0 Å². The molecule has 17 heavy (non-hydrogen) atoms. The third-order valence-corrected chi connectivity index (χ3v) is 2.79. The lowest BCUT2D eigenvalue weighted by atomic mass is 10.1. The van der Waals surface area contributed by atoms with Crippen molar-refractivity contribution in [2.24, 2.45) is 0 Å². The number of nitrogens with one attached hydrogen (secondary N) is 1. The lowest BCUT2D eigenvalue weighted by Gasteiger charge is -2.18. The molecule has 3 heteroatoms. The average molecular weight is 231 g/mol. The molecular weight excluding hydrogens is 210 g/mol. The molecule has 0 aliphatic carbocycles. The number of aromatic nitrogens is 1. The van der Waals surface area contributed by atoms with Crippen molar-refractivity contribution in [2.75, 3.05) is 5.32 Å². The maximum Gasteiger partial charge on any atom is 0.126 e. The summed E-state index contributed by atoms with van der Waals surface area (Å²) in [6.45, 7) is 4.41. The number of nitrogens with zero attached hydrogens (tertiary/aromatic N) is 2. The van der Waals surface area contributed by atoms with Gasteiger partial charge in [0.15, 0.2) is 0 Å². The summed E-state index contributed by atoms with van der Waals surface area (Å²) in [5.41, 5.74) is 0.608. The Balaban J connectivity index is 2.55. The largest absolute Gasteiger partial charge is 0.367 e. The third-order valence-electron chi connectivity index (χ3n) is 2.79.